The number of rotatable bonds is 2. The number of aliphatic hydroxyl groups is 4. The molecule has 6 atom stereocenters. The predicted molar refractivity (Wildman–Crippen MR) is 54.6 cm³/mol. The molecule has 9 nitrogen and oxygen atoms in total. The van der Waals surface area contributed by atoms with Gasteiger partial charge in [-0.15, -0.1) is 0 Å². The lowest BCUT2D eigenvalue weighted by atomic mass is 9.69. The zero-order valence-corrected chi connectivity index (χ0v) is 10.1. The molecule has 0 spiro atoms. The van der Waals surface area contributed by atoms with Crippen molar-refractivity contribution in [2.24, 2.45) is 0 Å². The number of aliphatic hydroxyl groups excluding tert-OH is 2. The van der Waals surface area contributed by atoms with Gasteiger partial charge in [-0.05, 0) is 0 Å². The van der Waals surface area contributed by atoms with Gasteiger partial charge in [0.05, 0.1) is 14.2 Å². The number of carbonyl (C=O) groups excluding carboxylic acids is 2. The van der Waals surface area contributed by atoms with Crippen molar-refractivity contribution in [1.29, 1.82) is 0 Å². The molecule has 0 saturated carbocycles. The zero-order chi connectivity index (χ0) is 14.6. The van der Waals surface area contributed by atoms with E-state index in [0.717, 1.165) is 14.2 Å². The van der Waals surface area contributed by atoms with Crippen molar-refractivity contribution in [2.75, 3.05) is 14.2 Å². The third-order valence-electron chi connectivity index (χ3n) is 3.66. The molecule has 108 valence electrons. The molecule has 2 heterocycles. The molecule has 2 bridgehead atoms. The molecule has 0 aromatic carbocycles. The summed E-state index contributed by atoms with van der Waals surface area (Å²) in [6.45, 7) is 0. The fraction of sp³-hybridized carbons (Fsp3) is 0.800. The number of methoxy groups -OCH3 is 2. The van der Waals surface area contributed by atoms with Crippen molar-refractivity contribution in [2.45, 2.75) is 35.6 Å². The summed E-state index contributed by atoms with van der Waals surface area (Å²) >= 11 is 0. The summed E-state index contributed by atoms with van der Waals surface area (Å²) in [5.74, 6) is -2.75. The summed E-state index contributed by atoms with van der Waals surface area (Å²) in [6.07, 6.45) is -6.72. The van der Waals surface area contributed by atoms with Crippen LogP contribution in [0.3, 0.4) is 0 Å². The summed E-state index contributed by atoms with van der Waals surface area (Å²) in [5.41, 5.74) is -5.73. The van der Waals surface area contributed by atoms with Crippen molar-refractivity contribution in [3.63, 3.8) is 0 Å². The van der Waals surface area contributed by atoms with Gasteiger partial charge in [0.25, 0.3) is 0 Å². The Balaban J connectivity index is 2.56. The molecular formula is C10H14O9. The zero-order valence-electron chi connectivity index (χ0n) is 10.1. The summed E-state index contributed by atoms with van der Waals surface area (Å²) in [5, 5.41) is 40.0. The predicted octanol–water partition coefficient (Wildman–Crippen LogP) is -3.70. The smallest absolute Gasteiger partial charge is 0.344 e. The highest BCUT2D eigenvalue weighted by Crippen LogP contribution is 2.50. The molecule has 0 radical (unpaired) electrons. The van der Waals surface area contributed by atoms with Crippen molar-refractivity contribution in [1.82, 2.24) is 0 Å². The van der Waals surface area contributed by atoms with Crippen LogP contribution in [0.15, 0.2) is 0 Å². The largest absolute Gasteiger partial charge is 0.467 e. The van der Waals surface area contributed by atoms with E-state index in [-0.39, 0.29) is 0 Å². The monoisotopic (exact) mass is 278 g/mol. The minimum atomic E-state index is -2.86. The van der Waals surface area contributed by atoms with Gasteiger partial charge in [-0.1, -0.05) is 0 Å². The van der Waals surface area contributed by atoms with E-state index in [0.29, 0.717) is 0 Å². The lowest BCUT2D eigenvalue weighted by Crippen LogP contribution is -2.75. The summed E-state index contributed by atoms with van der Waals surface area (Å²) in [7, 11) is 1.85. The van der Waals surface area contributed by atoms with E-state index in [1.165, 1.54) is 0 Å². The number of fused-ring (bicyclic) bond motifs is 2. The van der Waals surface area contributed by atoms with E-state index in [1.807, 2.05) is 0 Å². The van der Waals surface area contributed by atoms with Gasteiger partial charge in [-0.25, -0.2) is 9.59 Å². The second-order valence-electron chi connectivity index (χ2n) is 4.47. The van der Waals surface area contributed by atoms with Crippen LogP contribution in [0.5, 0.6) is 0 Å². The number of esters is 2. The first kappa shape index (κ1) is 14.2. The van der Waals surface area contributed by atoms with Crippen molar-refractivity contribution in [3.05, 3.63) is 0 Å². The van der Waals surface area contributed by atoms with Crippen molar-refractivity contribution < 1.29 is 44.2 Å². The Morgan fingerprint density at radius 1 is 0.947 bits per heavy atom. The Labute approximate surface area is 107 Å². The molecule has 2 aliphatic rings. The lowest BCUT2D eigenvalue weighted by Gasteiger charge is -2.42. The fourth-order valence-electron chi connectivity index (χ4n) is 2.66. The minimum Gasteiger partial charge on any atom is -0.467 e. The summed E-state index contributed by atoms with van der Waals surface area (Å²) < 4.78 is 13.6. The quantitative estimate of drug-likeness (QED) is 0.375. The maximum absolute atomic E-state index is 11.7. The Morgan fingerprint density at radius 2 is 1.26 bits per heavy atom. The maximum atomic E-state index is 11.7. The number of ether oxygens (including phenoxy) is 3. The topological polar surface area (TPSA) is 143 Å². The fourth-order valence-corrected chi connectivity index (χ4v) is 2.66. The van der Waals surface area contributed by atoms with Crippen LogP contribution < -0.4 is 0 Å². The standard InChI is InChI=1S/C10H14O9/c1-17-7(13)9(15)5-3(11)4(12)6(19-5)10(9,16)8(14)18-2/h3-6,11-12,15-16H,1-2H3. The minimum absolute atomic E-state index is 0.923. The van der Waals surface area contributed by atoms with Gasteiger partial charge in [0.1, 0.15) is 24.4 Å². The molecule has 2 aliphatic heterocycles. The number of hydrogen-bond acceptors (Lipinski definition) is 9. The number of hydrogen-bond donors (Lipinski definition) is 4. The maximum Gasteiger partial charge on any atom is 0.344 e. The second kappa shape index (κ2) is 4.12. The van der Waals surface area contributed by atoms with E-state index in [1.54, 1.807) is 0 Å². The molecule has 4 N–H and O–H groups in total. The lowest BCUT2D eigenvalue weighted by molar-refractivity contribution is -0.227. The SMILES string of the molecule is COC(=O)C1(O)C2OC(C(O)C2O)C1(O)C(=O)OC. The molecule has 0 aromatic heterocycles. The van der Waals surface area contributed by atoms with E-state index >= 15 is 0 Å². The van der Waals surface area contributed by atoms with E-state index in [4.69, 9.17) is 4.74 Å². The molecule has 2 fully saturated rings. The van der Waals surface area contributed by atoms with Crippen LogP contribution in [0.2, 0.25) is 0 Å². The van der Waals surface area contributed by atoms with Gasteiger partial charge in [-0.2, -0.15) is 0 Å². The normalized spacial score (nSPS) is 48.1. The Hall–Kier alpha value is -1.26. The molecule has 9 heteroatoms. The molecular weight excluding hydrogens is 264 g/mol. The Kier molecular flexibility index (Phi) is 3.07. The van der Waals surface area contributed by atoms with Crippen molar-refractivity contribution in [3.8, 4) is 0 Å². The highest BCUT2D eigenvalue weighted by molar-refractivity contribution is 5.95. The van der Waals surface area contributed by atoms with Crippen LogP contribution in [0.4, 0.5) is 0 Å². The molecule has 0 aromatic rings. The molecule has 6 unspecified atom stereocenters. The van der Waals surface area contributed by atoms with E-state index in [2.05, 4.69) is 9.47 Å². The highest BCUT2D eigenvalue weighted by atomic mass is 16.6. The van der Waals surface area contributed by atoms with Crippen LogP contribution >= 0.6 is 0 Å². The van der Waals surface area contributed by atoms with E-state index < -0.39 is 47.6 Å². The molecule has 19 heavy (non-hydrogen) atoms. The summed E-state index contributed by atoms with van der Waals surface area (Å²) in [6, 6.07) is 0. The van der Waals surface area contributed by atoms with Crippen molar-refractivity contribution >= 4 is 11.9 Å². The summed E-state index contributed by atoms with van der Waals surface area (Å²) in [4.78, 5) is 23.4. The van der Waals surface area contributed by atoms with Gasteiger partial charge in [0, 0.05) is 0 Å². The Bertz CT molecular complexity index is 385. The third kappa shape index (κ3) is 1.36. The van der Waals surface area contributed by atoms with Crippen LogP contribution in [-0.2, 0) is 23.8 Å². The number of carbonyl (C=O) groups is 2. The average molecular weight is 278 g/mol. The van der Waals surface area contributed by atoms with Crippen LogP contribution in [-0.4, -0.2) is 82.2 Å². The van der Waals surface area contributed by atoms with Crippen LogP contribution in [0, 0.1) is 0 Å². The molecule has 2 saturated heterocycles. The van der Waals surface area contributed by atoms with Gasteiger partial charge in [0.15, 0.2) is 0 Å². The van der Waals surface area contributed by atoms with Gasteiger partial charge in [0.2, 0.25) is 11.2 Å². The Morgan fingerprint density at radius 3 is 1.53 bits per heavy atom. The molecule has 0 aliphatic carbocycles. The molecule has 2 rings (SSSR count). The van der Waals surface area contributed by atoms with Gasteiger partial charge in [-0.3, -0.25) is 0 Å². The van der Waals surface area contributed by atoms with Gasteiger partial charge < -0.3 is 34.6 Å². The van der Waals surface area contributed by atoms with Crippen LogP contribution in [0.25, 0.3) is 0 Å². The van der Waals surface area contributed by atoms with Gasteiger partial charge >= 0.3 is 11.9 Å². The first-order valence-electron chi connectivity index (χ1n) is 5.40. The first-order chi connectivity index (χ1) is 8.76. The van der Waals surface area contributed by atoms with E-state index in [9.17, 15) is 30.0 Å². The third-order valence-corrected chi connectivity index (χ3v) is 3.66. The first-order valence-corrected chi connectivity index (χ1v) is 5.40. The average Bonchev–Trinajstić information content (AvgIpc) is 2.83. The highest BCUT2D eigenvalue weighted by Gasteiger charge is 2.82. The molecule has 0 amide bonds. The second-order valence-corrected chi connectivity index (χ2v) is 4.47. The van der Waals surface area contributed by atoms with Crippen LogP contribution in [0.1, 0.15) is 0 Å².